The van der Waals surface area contributed by atoms with Crippen LogP contribution in [0.2, 0.25) is 0 Å². The molecule has 0 saturated heterocycles. The molecule has 1 aromatic carbocycles. The molecule has 0 aliphatic carbocycles. The Labute approximate surface area is 97.0 Å². The first-order valence-corrected chi connectivity index (χ1v) is 4.99. The Bertz CT molecular complexity index is 591. The highest BCUT2D eigenvalue weighted by molar-refractivity contribution is 5.91. The van der Waals surface area contributed by atoms with Gasteiger partial charge in [0.25, 0.3) is 5.91 Å². The van der Waals surface area contributed by atoms with Crippen LogP contribution in [0.1, 0.15) is 21.7 Å². The molecule has 0 aliphatic rings. The van der Waals surface area contributed by atoms with Crippen LogP contribution in [0.4, 0.5) is 4.39 Å². The average molecular weight is 234 g/mol. The van der Waals surface area contributed by atoms with Gasteiger partial charge in [0, 0.05) is 0 Å². The van der Waals surface area contributed by atoms with Gasteiger partial charge < -0.3 is 5.73 Å². The molecule has 2 aromatic rings. The van der Waals surface area contributed by atoms with E-state index in [4.69, 9.17) is 5.73 Å². The zero-order valence-corrected chi connectivity index (χ0v) is 9.44. The van der Waals surface area contributed by atoms with Crippen molar-refractivity contribution < 1.29 is 9.18 Å². The second-order valence-electron chi connectivity index (χ2n) is 3.73. The van der Waals surface area contributed by atoms with Gasteiger partial charge in [-0.05, 0) is 31.5 Å². The average Bonchev–Trinajstić information content (AvgIpc) is 2.64. The summed E-state index contributed by atoms with van der Waals surface area (Å²) in [7, 11) is 0. The fourth-order valence-corrected chi connectivity index (χ4v) is 1.60. The van der Waals surface area contributed by atoms with Gasteiger partial charge in [-0.3, -0.25) is 4.79 Å². The smallest absolute Gasteiger partial charge is 0.271 e. The third-order valence-electron chi connectivity index (χ3n) is 2.53. The van der Waals surface area contributed by atoms with Gasteiger partial charge in [0.15, 0.2) is 5.69 Å². The highest BCUT2D eigenvalue weighted by Gasteiger charge is 2.15. The first-order valence-electron chi connectivity index (χ1n) is 4.99. The summed E-state index contributed by atoms with van der Waals surface area (Å²) in [5.41, 5.74) is 7.10. The van der Waals surface area contributed by atoms with E-state index in [1.54, 1.807) is 13.0 Å². The Balaban J connectivity index is 2.61. The molecule has 5 nitrogen and oxygen atoms in total. The molecule has 0 fully saturated rings. The summed E-state index contributed by atoms with van der Waals surface area (Å²) in [6, 6.07) is 4.33. The van der Waals surface area contributed by atoms with Gasteiger partial charge in [-0.2, -0.15) is 0 Å². The molecule has 0 bridgehead atoms. The van der Waals surface area contributed by atoms with Crippen molar-refractivity contribution >= 4 is 5.91 Å². The Morgan fingerprint density at radius 3 is 2.71 bits per heavy atom. The van der Waals surface area contributed by atoms with E-state index < -0.39 is 5.91 Å². The van der Waals surface area contributed by atoms with E-state index in [2.05, 4.69) is 10.3 Å². The van der Waals surface area contributed by atoms with Crippen LogP contribution in [-0.4, -0.2) is 20.9 Å². The van der Waals surface area contributed by atoms with Gasteiger partial charge in [-0.15, -0.1) is 5.10 Å². The molecule has 0 radical (unpaired) electrons. The molecule has 0 aliphatic heterocycles. The summed E-state index contributed by atoms with van der Waals surface area (Å²) < 4.78 is 14.6. The SMILES string of the molecule is Cc1ccc(F)cc1-n1nnc(C(N)=O)c1C. The first kappa shape index (κ1) is 11.3. The molecule has 1 aromatic heterocycles. The van der Waals surface area contributed by atoms with Crippen LogP contribution in [0.3, 0.4) is 0 Å². The number of hydrogen-bond donors (Lipinski definition) is 1. The number of nitrogens with two attached hydrogens (primary N) is 1. The lowest BCUT2D eigenvalue weighted by molar-refractivity contribution is 0.0995. The van der Waals surface area contributed by atoms with Crippen LogP contribution < -0.4 is 5.73 Å². The number of halogens is 1. The Morgan fingerprint density at radius 1 is 1.41 bits per heavy atom. The molecular formula is C11H11FN4O. The predicted octanol–water partition coefficient (Wildman–Crippen LogP) is 1.12. The maximum Gasteiger partial charge on any atom is 0.271 e. The number of rotatable bonds is 2. The molecule has 17 heavy (non-hydrogen) atoms. The van der Waals surface area contributed by atoms with Crippen molar-refractivity contribution in [3.63, 3.8) is 0 Å². The van der Waals surface area contributed by atoms with Crippen LogP contribution in [0.15, 0.2) is 18.2 Å². The monoisotopic (exact) mass is 234 g/mol. The number of aryl methyl sites for hydroxylation is 1. The molecule has 0 spiro atoms. The topological polar surface area (TPSA) is 73.8 Å². The minimum Gasteiger partial charge on any atom is -0.364 e. The van der Waals surface area contributed by atoms with Gasteiger partial charge in [0.2, 0.25) is 0 Å². The molecule has 6 heteroatoms. The number of hydrogen-bond acceptors (Lipinski definition) is 3. The van der Waals surface area contributed by atoms with Crippen LogP contribution in [-0.2, 0) is 0 Å². The number of carbonyl (C=O) groups excluding carboxylic acids is 1. The summed E-state index contributed by atoms with van der Waals surface area (Å²) in [5, 5.41) is 7.49. The molecule has 1 amide bonds. The summed E-state index contributed by atoms with van der Waals surface area (Å²) in [4.78, 5) is 11.1. The number of amides is 1. The van der Waals surface area contributed by atoms with Gasteiger partial charge >= 0.3 is 0 Å². The van der Waals surface area contributed by atoms with E-state index in [0.29, 0.717) is 11.4 Å². The van der Waals surface area contributed by atoms with Crippen molar-refractivity contribution in [2.45, 2.75) is 13.8 Å². The number of benzene rings is 1. The predicted molar refractivity (Wildman–Crippen MR) is 59.3 cm³/mol. The fraction of sp³-hybridized carbons (Fsp3) is 0.182. The Hall–Kier alpha value is -2.24. The zero-order valence-electron chi connectivity index (χ0n) is 9.44. The minimum absolute atomic E-state index is 0.0914. The van der Waals surface area contributed by atoms with Crippen molar-refractivity contribution in [2.75, 3.05) is 0 Å². The lowest BCUT2D eigenvalue weighted by Gasteiger charge is -2.06. The van der Waals surface area contributed by atoms with E-state index in [0.717, 1.165) is 5.56 Å². The van der Waals surface area contributed by atoms with E-state index in [9.17, 15) is 9.18 Å². The highest BCUT2D eigenvalue weighted by Crippen LogP contribution is 2.17. The van der Waals surface area contributed by atoms with Crippen LogP contribution in [0.5, 0.6) is 0 Å². The molecule has 0 saturated carbocycles. The van der Waals surface area contributed by atoms with Crippen LogP contribution >= 0.6 is 0 Å². The highest BCUT2D eigenvalue weighted by atomic mass is 19.1. The molecule has 1 heterocycles. The molecule has 2 rings (SSSR count). The number of primary amides is 1. The van der Waals surface area contributed by atoms with E-state index in [-0.39, 0.29) is 11.5 Å². The quantitative estimate of drug-likeness (QED) is 0.846. The number of carbonyl (C=O) groups is 1. The Kier molecular flexibility index (Phi) is 2.63. The van der Waals surface area contributed by atoms with Crippen molar-refractivity contribution in [1.29, 1.82) is 0 Å². The van der Waals surface area contributed by atoms with Gasteiger partial charge in [-0.1, -0.05) is 11.3 Å². The molecule has 0 atom stereocenters. The maximum absolute atomic E-state index is 13.2. The van der Waals surface area contributed by atoms with Crippen molar-refractivity contribution in [3.05, 3.63) is 41.0 Å². The molecule has 88 valence electrons. The van der Waals surface area contributed by atoms with E-state index >= 15 is 0 Å². The summed E-state index contributed by atoms with van der Waals surface area (Å²) >= 11 is 0. The second kappa shape index (κ2) is 3.97. The standard InChI is InChI=1S/C11H11FN4O/c1-6-3-4-8(12)5-9(6)16-7(2)10(11(13)17)14-15-16/h3-5H,1-2H3,(H2,13,17). The number of nitrogens with zero attached hydrogens (tertiary/aromatic N) is 3. The molecular weight excluding hydrogens is 223 g/mol. The van der Waals surface area contributed by atoms with E-state index in [1.807, 2.05) is 6.92 Å². The second-order valence-corrected chi connectivity index (χ2v) is 3.73. The molecule has 0 unspecified atom stereocenters. The lowest BCUT2D eigenvalue weighted by Crippen LogP contribution is -2.13. The van der Waals surface area contributed by atoms with Gasteiger partial charge in [0.1, 0.15) is 5.82 Å². The third kappa shape index (κ3) is 1.89. The van der Waals surface area contributed by atoms with E-state index in [1.165, 1.54) is 16.8 Å². The molecule has 2 N–H and O–H groups in total. The van der Waals surface area contributed by atoms with Crippen molar-refractivity contribution in [1.82, 2.24) is 15.0 Å². The normalized spacial score (nSPS) is 10.5. The van der Waals surface area contributed by atoms with Crippen molar-refractivity contribution in [3.8, 4) is 5.69 Å². The maximum atomic E-state index is 13.2. The number of aromatic nitrogens is 3. The summed E-state index contributed by atoms with van der Waals surface area (Å²) in [6.07, 6.45) is 0. The largest absolute Gasteiger partial charge is 0.364 e. The summed E-state index contributed by atoms with van der Waals surface area (Å²) in [6.45, 7) is 3.48. The first-order chi connectivity index (χ1) is 8.00. The van der Waals surface area contributed by atoms with Crippen LogP contribution in [0, 0.1) is 19.7 Å². The Morgan fingerprint density at radius 2 is 2.12 bits per heavy atom. The zero-order chi connectivity index (χ0) is 12.6. The van der Waals surface area contributed by atoms with Crippen molar-refractivity contribution in [2.24, 2.45) is 5.73 Å². The minimum atomic E-state index is -0.650. The van der Waals surface area contributed by atoms with Gasteiger partial charge in [0.05, 0.1) is 11.4 Å². The lowest BCUT2D eigenvalue weighted by atomic mass is 10.2. The van der Waals surface area contributed by atoms with Crippen LogP contribution in [0.25, 0.3) is 5.69 Å². The third-order valence-corrected chi connectivity index (χ3v) is 2.53. The summed E-state index contributed by atoms with van der Waals surface area (Å²) in [5.74, 6) is -1.02. The van der Waals surface area contributed by atoms with Gasteiger partial charge in [-0.25, -0.2) is 9.07 Å². The fourth-order valence-electron chi connectivity index (χ4n) is 1.60.